The van der Waals surface area contributed by atoms with Crippen LogP contribution >= 0.6 is 11.8 Å². The molecule has 0 spiro atoms. The summed E-state index contributed by atoms with van der Waals surface area (Å²) in [7, 11) is 1.50. The fraction of sp³-hybridized carbons (Fsp3) is 0.818. The molecule has 0 saturated heterocycles. The van der Waals surface area contributed by atoms with Crippen LogP contribution in [0.25, 0.3) is 0 Å². The molecular formula is C11H24N2O2S. The topological polar surface area (TPSA) is 64.7 Å². The molecule has 0 amide bonds. The van der Waals surface area contributed by atoms with Gasteiger partial charge in [-0.1, -0.05) is 19.0 Å². The van der Waals surface area contributed by atoms with Gasteiger partial charge in [-0.25, -0.2) is 0 Å². The zero-order chi connectivity index (χ0) is 12.6. The predicted molar refractivity (Wildman–Crippen MR) is 71.7 cm³/mol. The minimum Gasteiger partial charge on any atom is -0.391 e. The number of hydrogen-bond donors (Lipinski definition) is 1. The number of hydrogen-bond acceptors (Lipinski definition) is 5. The van der Waals surface area contributed by atoms with Gasteiger partial charge in [0.05, 0.1) is 0 Å². The molecule has 1 atom stereocenters. The van der Waals surface area contributed by atoms with Crippen molar-refractivity contribution in [2.75, 3.05) is 12.8 Å². The smallest absolute Gasteiger partial charge is 0.136 e. The molecule has 96 valence electrons. The molecular weight excluding hydrogens is 224 g/mol. The standard InChI is InChI=1S/C10H17NO2S.CH5N.H2/c1-7(2)9-6-10(11-13-9)14-5-4-8(3)12;1-2;/h7,9H,4-6H2,1-3H3;2H2,1H3;1H. The lowest BCUT2D eigenvalue weighted by molar-refractivity contribution is -0.116. The van der Waals surface area contributed by atoms with Crippen LogP contribution < -0.4 is 5.73 Å². The zero-order valence-electron chi connectivity index (χ0n) is 10.5. The number of nitrogens with two attached hydrogens (primary N) is 1. The molecule has 0 aromatic carbocycles. The Morgan fingerprint density at radius 2 is 2.31 bits per heavy atom. The summed E-state index contributed by atoms with van der Waals surface area (Å²) in [5, 5.41) is 5.04. The van der Waals surface area contributed by atoms with Crippen molar-refractivity contribution in [1.29, 1.82) is 0 Å². The number of carbonyl (C=O) groups excluding carboxylic acids is 1. The Kier molecular flexibility index (Phi) is 8.29. The lowest BCUT2D eigenvalue weighted by Crippen LogP contribution is -2.14. The quantitative estimate of drug-likeness (QED) is 0.829. The van der Waals surface area contributed by atoms with E-state index in [9.17, 15) is 4.79 Å². The van der Waals surface area contributed by atoms with Gasteiger partial charge in [-0.15, -0.1) is 11.8 Å². The monoisotopic (exact) mass is 248 g/mol. The lowest BCUT2D eigenvalue weighted by atomic mass is 10.1. The molecule has 0 radical (unpaired) electrons. The summed E-state index contributed by atoms with van der Waals surface area (Å²) in [6.07, 6.45) is 1.76. The van der Waals surface area contributed by atoms with Crippen LogP contribution in [-0.2, 0) is 9.63 Å². The molecule has 1 aliphatic rings. The highest BCUT2D eigenvalue weighted by Crippen LogP contribution is 2.24. The number of thioether (sulfide) groups is 1. The Balaban J connectivity index is 0. The summed E-state index contributed by atoms with van der Waals surface area (Å²) in [6, 6.07) is 0. The van der Waals surface area contributed by atoms with Gasteiger partial charge in [0.2, 0.25) is 0 Å². The van der Waals surface area contributed by atoms with E-state index in [-0.39, 0.29) is 13.3 Å². The summed E-state index contributed by atoms with van der Waals surface area (Å²) < 4.78 is 0. The summed E-state index contributed by atoms with van der Waals surface area (Å²) in [6.45, 7) is 5.87. The van der Waals surface area contributed by atoms with Crippen molar-refractivity contribution in [3.05, 3.63) is 0 Å². The van der Waals surface area contributed by atoms with E-state index in [2.05, 4.69) is 24.7 Å². The van der Waals surface area contributed by atoms with Gasteiger partial charge in [-0.05, 0) is 19.9 Å². The van der Waals surface area contributed by atoms with Gasteiger partial charge in [-0.3, -0.25) is 4.79 Å². The van der Waals surface area contributed by atoms with Gasteiger partial charge in [-0.2, -0.15) is 0 Å². The second kappa shape index (κ2) is 8.58. The number of rotatable bonds is 4. The van der Waals surface area contributed by atoms with Gasteiger partial charge >= 0.3 is 0 Å². The van der Waals surface area contributed by atoms with Gasteiger partial charge < -0.3 is 10.6 Å². The Bertz CT molecular complexity index is 248. The van der Waals surface area contributed by atoms with Crippen molar-refractivity contribution in [2.45, 2.75) is 39.7 Å². The first-order valence-electron chi connectivity index (χ1n) is 5.52. The summed E-state index contributed by atoms with van der Waals surface area (Å²) in [5.41, 5.74) is 4.50. The fourth-order valence-electron chi connectivity index (χ4n) is 1.13. The molecule has 0 aromatic rings. The third-order valence-corrected chi connectivity index (χ3v) is 3.11. The number of carbonyl (C=O) groups is 1. The minimum absolute atomic E-state index is 0. The van der Waals surface area contributed by atoms with Crippen LogP contribution in [-0.4, -0.2) is 29.7 Å². The van der Waals surface area contributed by atoms with E-state index in [1.807, 2.05) is 0 Å². The molecule has 0 aliphatic carbocycles. The van der Waals surface area contributed by atoms with Crippen molar-refractivity contribution < 1.29 is 11.1 Å². The highest BCUT2D eigenvalue weighted by Gasteiger charge is 2.23. The minimum atomic E-state index is 0. The molecule has 1 unspecified atom stereocenters. The average molecular weight is 248 g/mol. The van der Waals surface area contributed by atoms with Gasteiger partial charge in [0, 0.05) is 20.0 Å². The summed E-state index contributed by atoms with van der Waals surface area (Å²) >= 11 is 1.64. The van der Waals surface area contributed by atoms with E-state index >= 15 is 0 Å². The predicted octanol–water partition coefficient (Wildman–Crippen LogP) is 2.28. The van der Waals surface area contributed by atoms with Crippen molar-refractivity contribution in [2.24, 2.45) is 16.8 Å². The molecule has 2 N–H and O–H groups in total. The molecule has 4 nitrogen and oxygen atoms in total. The number of Topliss-reactive ketones (excluding diaryl/α,β-unsaturated/α-hetero) is 1. The first-order chi connectivity index (χ1) is 7.59. The summed E-state index contributed by atoms with van der Waals surface area (Å²) in [4.78, 5) is 16.0. The van der Waals surface area contributed by atoms with E-state index < -0.39 is 0 Å². The van der Waals surface area contributed by atoms with Crippen molar-refractivity contribution in [3.63, 3.8) is 0 Å². The Morgan fingerprint density at radius 3 is 2.75 bits per heavy atom. The number of ketones is 1. The Morgan fingerprint density at radius 1 is 1.69 bits per heavy atom. The maximum Gasteiger partial charge on any atom is 0.136 e. The maximum atomic E-state index is 10.7. The first kappa shape index (κ1) is 15.4. The van der Waals surface area contributed by atoms with Crippen molar-refractivity contribution in [3.8, 4) is 0 Å². The zero-order valence-corrected chi connectivity index (χ0v) is 11.3. The van der Waals surface area contributed by atoms with E-state index in [1.54, 1.807) is 18.7 Å². The Labute approximate surface area is 103 Å². The number of nitrogens with zero attached hydrogens (tertiary/aromatic N) is 1. The second-order valence-corrected chi connectivity index (χ2v) is 5.05. The third kappa shape index (κ3) is 6.12. The molecule has 5 heteroatoms. The van der Waals surface area contributed by atoms with Crippen LogP contribution in [0.1, 0.15) is 35.0 Å². The molecule has 16 heavy (non-hydrogen) atoms. The van der Waals surface area contributed by atoms with Crippen LogP contribution in [0.4, 0.5) is 0 Å². The second-order valence-electron chi connectivity index (χ2n) is 3.88. The van der Waals surface area contributed by atoms with E-state index in [1.165, 1.54) is 7.05 Å². The first-order valence-corrected chi connectivity index (χ1v) is 6.51. The van der Waals surface area contributed by atoms with Crippen LogP contribution in [0.2, 0.25) is 0 Å². The Hall–Kier alpha value is -0.550. The molecule has 1 heterocycles. The van der Waals surface area contributed by atoms with Gasteiger partial charge in [0.25, 0.3) is 0 Å². The van der Waals surface area contributed by atoms with Gasteiger partial charge in [0.1, 0.15) is 16.9 Å². The molecule has 0 fully saturated rings. The van der Waals surface area contributed by atoms with Crippen LogP contribution in [0.5, 0.6) is 0 Å². The normalized spacial score (nSPS) is 18.6. The average Bonchev–Trinajstić information content (AvgIpc) is 2.69. The van der Waals surface area contributed by atoms with Crippen LogP contribution in [0.15, 0.2) is 5.16 Å². The third-order valence-electron chi connectivity index (χ3n) is 2.13. The van der Waals surface area contributed by atoms with Gasteiger partial charge in [0.15, 0.2) is 0 Å². The molecule has 1 aliphatic heterocycles. The van der Waals surface area contributed by atoms with E-state index in [0.717, 1.165) is 17.2 Å². The molecule has 1 rings (SSSR count). The fourth-order valence-corrected chi connectivity index (χ4v) is 2.13. The molecule has 0 aromatic heterocycles. The van der Waals surface area contributed by atoms with Crippen molar-refractivity contribution >= 4 is 22.6 Å². The number of oxime groups is 1. The van der Waals surface area contributed by atoms with E-state index in [4.69, 9.17) is 4.84 Å². The molecule has 0 bridgehead atoms. The maximum absolute atomic E-state index is 10.7. The lowest BCUT2D eigenvalue weighted by Gasteiger charge is -2.10. The molecule has 0 saturated carbocycles. The van der Waals surface area contributed by atoms with Crippen LogP contribution in [0.3, 0.4) is 0 Å². The van der Waals surface area contributed by atoms with E-state index in [0.29, 0.717) is 12.3 Å². The SMILES string of the molecule is CC(=O)CCSC1=NOC(C(C)C)C1.CN.[HH]. The summed E-state index contributed by atoms with van der Waals surface area (Å²) in [5.74, 6) is 1.56. The van der Waals surface area contributed by atoms with Crippen LogP contribution in [0, 0.1) is 5.92 Å². The highest BCUT2D eigenvalue weighted by molar-refractivity contribution is 8.13. The van der Waals surface area contributed by atoms with Crippen molar-refractivity contribution in [1.82, 2.24) is 0 Å². The highest BCUT2D eigenvalue weighted by atomic mass is 32.2. The largest absolute Gasteiger partial charge is 0.391 e.